The Kier molecular flexibility index (Phi) is 10.7. The topological polar surface area (TPSA) is 144 Å². The second-order valence-electron chi connectivity index (χ2n) is 13.1. The molecule has 3 N–H and O–H groups in total. The Morgan fingerprint density at radius 1 is 0.974 bits per heavy atom. The Labute approximate surface area is 234 Å². The maximum absolute atomic E-state index is 13.9. The Hall–Kier alpha value is -0.896. The maximum Gasteiger partial charge on any atom is 0.349 e. The summed E-state index contributed by atoms with van der Waals surface area (Å²) in [6.45, 7) is 24.7. The van der Waals surface area contributed by atoms with E-state index in [1.54, 1.807) is 13.8 Å². The zero-order valence-electron chi connectivity index (χ0n) is 25.7. The highest BCUT2D eigenvalue weighted by molar-refractivity contribution is 7.54. The molecule has 0 spiro atoms. The fourth-order valence-corrected chi connectivity index (χ4v) is 8.16. The number of nitrogens with two attached hydrogens (primary N) is 1. The molecule has 11 nitrogen and oxygen atoms in total. The van der Waals surface area contributed by atoms with Gasteiger partial charge in [0.2, 0.25) is 0 Å². The van der Waals surface area contributed by atoms with Crippen LogP contribution in [0.25, 0.3) is 0 Å². The molecule has 2 rings (SSSR count). The predicted molar refractivity (Wildman–Crippen MR) is 158 cm³/mol. The van der Waals surface area contributed by atoms with Gasteiger partial charge in [0.25, 0.3) is 5.56 Å². The first-order valence-electron chi connectivity index (χ1n) is 13.6. The summed E-state index contributed by atoms with van der Waals surface area (Å²) in [5.41, 5.74) is 5.48. The number of aromatic amines is 1. The molecule has 1 aliphatic rings. The molecular formula is C25H50N3O8PSi2. The molecule has 2 heterocycles. The van der Waals surface area contributed by atoms with Crippen LogP contribution >= 0.6 is 7.60 Å². The zero-order valence-corrected chi connectivity index (χ0v) is 28.6. The number of nitrogens with one attached hydrogen (secondary N) is 1. The molecule has 1 saturated heterocycles. The monoisotopic (exact) mass is 607 g/mol. The van der Waals surface area contributed by atoms with Gasteiger partial charge in [-0.3, -0.25) is 18.9 Å². The molecule has 226 valence electrons. The molecule has 0 amide bonds. The Bertz CT molecular complexity index is 1130. The smallest absolute Gasteiger partial charge is 0.349 e. The maximum atomic E-state index is 13.9. The Morgan fingerprint density at radius 3 is 1.85 bits per heavy atom. The highest BCUT2D eigenvalue weighted by atomic mass is 31.2. The standard InChI is InChI=1S/C25H50N3O8PSi2/c1-13-32-37(31,33-14-2)21(26)19-18(35-38(9,10)24(3,4)5)20(36-39(11,12)25(6,7)8)22(34-19)28-16-15-17(29)27-23(28)30/h15-16,18-22H,13-14,26H2,1-12H3,(H,27,29,30)/t18-,19+,20-,21+,22-/m1/s1. The van der Waals surface area contributed by atoms with Crippen molar-refractivity contribution in [2.24, 2.45) is 5.73 Å². The van der Waals surface area contributed by atoms with Crippen LogP contribution in [0, 0.1) is 0 Å². The molecule has 0 unspecified atom stereocenters. The van der Waals surface area contributed by atoms with E-state index in [9.17, 15) is 14.2 Å². The van der Waals surface area contributed by atoms with E-state index in [4.69, 9.17) is 28.4 Å². The van der Waals surface area contributed by atoms with Gasteiger partial charge in [0.1, 0.15) is 24.1 Å². The lowest BCUT2D eigenvalue weighted by Crippen LogP contribution is -2.56. The molecule has 0 aromatic carbocycles. The minimum absolute atomic E-state index is 0.123. The van der Waals surface area contributed by atoms with Gasteiger partial charge in [0.05, 0.1) is 13.2 Å². The van der Waals surface area contributed by atoms with Crippen molar-refractivity contribution in [3.63, 3.8) is 0 Å². The second-order valence-corrected chi connectivity index (χ2v) is 24.8. The number of aromatic nitrogens is 2. The Morgan fingerprint density at radius 2 is 1.44 bits per heavy atom. The fourth-order valence-electron chi connectivity index (χ4n) is 3.83. The third kappa shape index (κ3) is 7.50. The van der Waals surface area contributed by atoms with Crippen LogP contribution in [0.4, 0.5) is 0 Å². The minimum Gasteiger partial charge on any atom is -0.408 e. The molecule has 1 fully saturated rings. The van der Waals surface area contributed by atoms with Crippen LogP contribution in [0.1, 0.15) is 61.6 Å². The van der Waals surface area contributed by atoms with Gasteiger partial charge in [-0.1, -0.05) is 41.5 Å². The Balaban J connectivity index is 2.79. The fraction of sp³-hybridized carbons (Fsp3) is 0.840. The third-order valence-electron chi connectivity index (χ3n) is 8.14. The minimum atomic E-state index is -3.85. The summed E-state index contributed by atoms with van der Waals surface area (Å²) in [5.74, 6) is -1.22. The van der Waals surface area contributed by atoms with Gasteiger partial charge in [-0.05, 0) is 50.1 Å². The predicted octanol–water partition coefficient (Wildman–Crippen LogP) is 4.77. The van der Waals surface area contributed by atoms with Crippen molar-refractivity contribution >= 4 is 24.2 Å². The van der Waals surface area contributed by atoms with Crippen molar-refractivity contribution in [1.82, 2.24) is 9.55 Å². The molecule has 0 saturated carbocycles. The van der Waals surface area contributed by atoms with Gasteiger partial charge in [-0.2, -0.15) is 0 Å². The molecule has 0 radical (unpaired) electrons. The molecule has 1 aromatic heterocycles. The van der Waals surface area contributed by atoms with Crippen LogP contribution < -0.4 is 17.0 Å². The van der Waals surface area contributed by atoms with Gasteiger partial charge in [-0.15, -0.1) is 0 Å². The highest BCUT2D eigenvalue weighted by Crippen LogP contribution is 2.56. The average Bonchev–Trinajstić information content (AvgIpc) is 3.08. The van der Waals surface area contributed by atoms with Crippen molar-refractivity contribution < 1.29 is 27.2 Å². The van der Waals surface area contributed by atoms with Gasteiger partial charge < -0.3 is 28.4 Å². The lowest BCUT2D eigenvalue weighted by Gasteiger charge is -2.44. The van der Waals surface area contributed by atoms with E-state index in [-0.39, 0.29) is 23.3 Å². The molecule has 1 aliphatic heterocycles. The number of nitrogens with zero attached hydrogens (tertiary/aromatic N) is 1. The SMILES string of the molecule is CCOP(=O)(OCC)[C@H](N)[C@H]1O[C@@H](n2ccc(=O)[nH]c2=O)[C@H](O[Si](C)(C)C(C)(C)C)[C@@H]1O[Si](C)(C)C(C)(C)C. The van der Waals surface area contributed by atoms with Crippen LogP contribution in [-0.2, 0) is 27.2 Å². The molecular weight excluding hydrogens is 557 g/mol. The number of rotatable bonds is 11. The van der Waals surface area contributed by atoms with Gasteiger partial charge in [0, 0.05) is 12.3 Å². The van der Waals surface area contributed by atoms with Crippen molar-refractivity contribution in [3.05, 3.63) is 33.1 Å². The van der Waals surface area contributed by atoms with Crippen LogP contribution in [-0.4, -0.2) is 63.5 Å². The number of ether oxygens (including phenoxy) is 1. The highest BCUT2D eigenvalue weighted by Gasteiger charge is 2.58. The summed E-state index contributed by atoms with van der Waals surface area (Å²) in [6.07, 6.45) is -2.23. The first kappa shape index (κ1) is 34.3. The summed E-state index contributed by atoms with van der Waals surface area (Å²) >= 11 is 0. The lowest BCUT2D eigenvalue weighted by atomic mass is 10.1. The third-order valence-corrected chi connectivity index (χ3v) is 19.4. The van der Waals surface area contributed by atoms with Crippen molar-refractivity contribution in [1.29, 1.82) is 0 Å². The average molecular weight is 608 g/mol. The second kappa shape index (κ2) is 12.1. The summed E-state index contributed by atoms with van der Waals surface area (Å²) in [6, 6.07) is 1.25. The number of H-pyrrole nitrogens is 1. The first-order chi connectivity index (χ1) is 17.6. The van der Waals surface area contributed by atoms with Crippen LogP contribution in [0.5, 0.6) is 0 Å². The normalized spacial score (nSPS) is 24.2. The van der Waals surface area contributed by atoms with Crippen molar-refractivity contribution in [2.75, 3.05) is 13.2 Å². The van der Waals surface area contributed by atoms with E-state index < -0.39 is 65.8 Å². The number of hydrogen-bond acceptors (Lipinski definition) is 9. The molecule has 14 heteroatoms. The number of hydrogen-bond donors (Lipinski definition) is 2. The summed E-state index contributed by atoms with van der Waals surface area (Å²) in [7, 11) is -8.82. The summed E-state index contributed by atoms with van der Waals surface area (Å²) in [5, 5.41) is -0.360. The zero-order chi connectivity index (χ0) is 30.2. The molecule has 39 heavy (non-hydrogen) atoms. The van der Waals surface area contributed by atoms with E-state index in [0.29, 0.717) is 0 Å². The van der Waals surface area contributed by atoms with Crippen molar-refractivity contribution in [2.45, 2.75) is 122 Å². The van der Waals surface area contributed by atoms with E-state index >= 15 is 0 Å². The molecule has 5 atom stereocenters. The van der Waals surface area contributed by atoms with E-state index in [1.807, 2.05) is 0 Å². The molecule has 0 bridgehead atoms. The molecule has 1 aromatic rings. The van der Waals surface area contributed by atoms with Crippen LogP contribution in [0.3, 0.4) is 0 Å². The first-order valence-corrected chi connectivity index (χ1v) is 21.0. The van der Waals surface area contributed by atoms with E-state index in [2.05, 4.69) is 72.7 Å². The van der Waals surface area contributed by atoms with E-state index in [1.165, 1.54) is 16.8 Å². The van der Waals surface area contributed by atoms with Crippen molar-refractivity contribution in [3.8, 4) is 0 Å². The van der Waals surface area contributed by atoms with Crippen LogP contribution in [0.2, 0.25) is 36.3 Å². The van der Waals surface area contributed by atoms with Gasteiger partial charge in [-0.25, -0.2) is 4.79 Å². The lowest BCUT2D eigenvalue weighted by molar-refractivity contribution is -0.0395. The van der Waals surface area contributed by atoms with Crippen LogP contribution in [0.15, 0.2) is 21.9 Å². The quantitative estimate of drug-likeness (QED) is 0.269. The van der Waals surface area contributed by atoms with Gasteiger partial charge in [0.15, 0.2) is 22.9 Å². The van der Waals surface area contributed by atoms with Gasteiger partial charge >= 0.3 is 13.3 Å². The summed E-state index contributed by atoms with van der Waals surface area (Å²) in [4.78, 5) is 27.1. The molecule has 0 aliphatic carbocycles. The summed E-state index contributed by atoms with van der Waals surface area (Å²) < 4.78 is 46.7. The largest absolute Gasteiger partial charge is 0.408 e. The van der Waals surface area contributed by atoms with E-state index in [0.717, 1.165) is 0 Å².